The monoisotopic (exact) mass is 162 g/mol. The molecule has 2 rings (SSSR count). The van der Waals surface area contributed by atoms with Gasteiger partial charge in [0.25, 0.3) is 0 Å². The quantitative estimate of drug-likeness (QED) is 0.631. The molecule has 2 aromatic rings. The molecule has 0 amide bonds. The first-order chi connectivity index (χ1) is 5.77. The molecule has 1 nitrogen and oxygen atoms in total. The number of hydrogen-bond acceptors (Lipinski definition) is 1. The Morgan fingerprint density at radius 2 is 1.83 bits per heavy atom. The molecule has 0 unspecified atom stereocenters. The lowest BCUT2D eigenvalue weighted by Crippen LogP contribution is -1.76. The Morgan fingerprint density at radius 1 is 1.08 bits per heavy atom. The number of rotatable bonds is 0. The van der Waals surface area contributed by atoms with Crippen molar-refractivity contribution in [3.05, 3.63) is 42.2 Å². The number of phenols is 1. The van der Waals surface area contributed by atoms with Crippen LogP contribution >= 0.6 is 0 Å². The summed E-state index contributed by atoms with van der Waals surface area (Å²) in [6.45, 7) is 0. The van der Waals surface area contributed by atoms with E-state index in [0.29, 0.717) is 5.39 Å². The zero-order valence-electron chi connectivity index (χ0n) is 6.29. The van der Waals surface area contributed by atoms with Crippen molar-refractivity contribution < 1.29 is 9.50 Å². The van der Waals surface area contributed by atoms with Crippen LogP contribution in [0, 0.1) is 5.82 Å². The zero-order valence-corrected chi connectivity index (χ0v) is 6.29. The van der Waals surface area contributed by atoms with E-state index in [1.54, 1.807) is 24.3 Å². The van der Waals surface area contributed by atoms with E-state index in [1.807, 2.05) is 0 Å². The van der Waals surface area contributed by atoms with Crippen molar-refractivity contribution in [2.24, 2.45) is 0 Å². The molecule has 60 valence electrons. The number of fused-ring (bicyclic) bond motifs is 1. The molecule has 0 bridgehead atoms. The predicted molar refractivity (Wildman–Crippen MR) is 45.6 cm³/mol. The molecule has 0 spiro atoms. The van der Waals surface area contributed by atoms with Crippen LogP contribution in [-0.2, 0) is 0 Å². The van der Waals surface area contributed by atoms with E-state index in [-0.39, 0.29) is 5.75 Å². The predicted octanol–water partition coefficient (Wildman–Crippen LogP) is 2.68. The third-order valence-corrected chi connectivity index (χ3v) is 1.80. The summed E-state index contributed by atoms with van der Waals surface area (Å²) in [6, 6.07) is 9.64. The Balaban J connectivity index is 2.89. The normalized spacial score (nSPS) is 10.4. The van der Waals surface area contributed by atoms with Gasteiger partial charge in [0.2, 0.25) is 0 Å². The van der Waals surface area contributed by atoms with Crippen LogP contribution in [0.1, 0.15) is 0 Å². The summed E-state index contributed by atoms with van der Waals surface area (Å²) in [7, 11) is 0. The third-order valence-electron chi connectivity index (χ3n) is 1.80. The first-order valence-corrected chi connectivity index (χ1v) is 3.64. The van der Waals surface area contributed by atoms with Crippen molar-refractivity contribution in [3.63, 3.8) is 0 Å². The second-order valence-corrected chi connectivity index (χ2v) is 2.65. The van der Waals surface area contributed by atoms with Gasteiger partial charge in [-0.1, -0.05) is 24.3 Å². The van der Waals surface area contributed by atoms with E-state index in [2.05, 4.69) is 0 Å². The van der Waals surface area contributed by atoms with Crippen molar-refractivity contribution >= 4 is 10.8 Å². The SMILES string of the molecule is Oc1cc(F)cc2ccccc12. The van der Waals surface area contributed by atoms with Crippen LogP contribution in [0.25, 0.3) is 10.8 Å². The van der Waals surface area contributed by atoms with Crippen LogP contribution in [0.15, 0.2) is 36.4 Å². The van der Waals surface area contributed by atoms with Gasteiger partial charge < -0.3 is 5.11 Å². The van der Waals surface area contributed by atoms with Gasteiger partial charge in [0.1, 0.15) is 11.6 Å². The standard InChI is InChI=1S/C10H7FO/c11-8-5-7-3-1-2-4-9(7)10(12)6-8/h1-6,12H. The molecule has 0 saturated heterocycles. The highest BCUT2D eigenvalue weighted by atomic mass is 19.1. The average Bonchev–Trinajstić information content (AvgIpc) is 2.04. The Bertz CT molecular complexity index is 423. The van der Waals surface area contributed by atoms with E-state index in [9.17, 15) is 9.50 Å². The van der Waals surface area contributed by atoms with Crippen LogP contribution < -0.4 is 0 Å². The highest BCUT2D eigenvalue weighted by Crippen LogP contribution is 2.25. The average molecular weight is 162 g/mol. The molecule has 1 N–H and O–H groups in total. The van der Waals surface area contributed by atoms with E-state index >= 15 is 0 Å². The summed E-state index contributed by atoms with van der Waals surface area (Å²) in [4.78, 5) is 0. The molecular weight excluding hydrogens is 155 g/mol. The van der Waals surface area contributed by atoms with Gasteiger partial charge in [-0.25, -0.2) is 4.39 Å². The van der Waals surface area contributed by atoms with Crippen LogP contribution in [0.3, 0.4) is 0 Å². The second kappa shape index (κ2) is 2.48. The molecule has 2 aromatic carbocycles. The highest BCUT2D eigenvalue weighted by molar-refractivity contribution is 5.87. The molecule has 0 atom stereocenters. The van der Waals surface area contributed by atoms with E-state index in [1.165, 1.54) is 6.07 Å². The molecule has 0 radical (unpaired) electrons. The van der Waals surface area contributed by atoms with Crippen LogP contribution in [0.5, 0.6) is 5.75 Å². The van der Waals surface area contributed by atoms with E-state index in [4.69, 9.17) is 0 Å². The summed E-state index contributed by atoms with van der Waals surface area (Å²) in [6.07, 6.45) is 0. The van der Waals surface area contributed by atoms with Crippen LogP contribution in [0.2, 0.25) is 0 Å². The summed E-state index contributed by atoms with van der Waals surface area (Å²) in [5.74, 6) is -0.420. The Hall–Kier alpha value is -1.57. The third kappa shape index (κ3) is 1.01. The summed E-state index contributed by atoms with van der Waals surface area (Å²) >= 11 is 0. The minimum Gasteiger partial charge on any atom is -0.507 e. The van der Waals surface area contributed by atoms with Crippen molar-refractivity contribution in [2.45, 2.75) is 0 Å². The maximum Gasteiger partial charge on any atom is 0.127 e. The smallest absolute Gasteiger partial charge is 0.127 e. The first kappa shape index (κ1) is 7.10. The van der Waals surface area contributed by atoms with Crippen molar-refractivity contribution in [3.8, 4) is 5.75 Å². The van der Waals surface area contributed by atoms with Gasteiger partial charge in [0.15, 0.2) is 0 Å². The molecule has 0 aromatic heterocycles. The first-order valence-electron chi connectivity index (χ1n) is 3.64. The van der Waals surface area contributed by atoms with Crippen molar-refractivity contribution in [1.29, 1.82) is 0 Å². The molecule has 0 aliphatic rings. The van der Waals surface area contributed by atoms with E-state index in [0.717, 1.165) is 11.5 Å². The summed E-state index contributed by atoms with van der Waals surface area (Å²) in [5.41, 5.74) is 0. The van der Waals surface area contributed by atoms with Gasteiger partial charge in [-0.2, -0.15) is 0 Å². The highest BCUT2D eigenvalue weighted by Gasteiger charge is 2.00. The largest absolute Gasteiger partial charge is 0.507 e. The zero-order chi connectivity index (χ0) is 8.55. The Labute approximate surface area is 69.1 Å². The van der Waals surface area contributed by atoms with Gasteiger partial charge in [0.05, 0.1) is 0 Å². The molecule has 2 heteroatoms. The molecule has 0 aliphatic carbocycles. The lowest BCUT2D eigenvalue weighted by atomic mass is 10.1. The summed E-state index contributed by atoms with van der Waals surface area (Å²) in [5, 5.41) is 10.7. The fourth-order valence-electron chi connectivity index (χ4n) is 1.25. The topological polar surface area (TPSA) is 20.2 Å². The van der Waals surface area contributed by atoms with Crippen LogP contribution in [-0.4, -0.2) is 5.11 Å². The second-order valence-electron chi connectivity index (χ2n) is 2.65. The number of phenolic OH excluding ortho intramolecular Hbond substituents is 1. The molecule has 0 fully saturated rings. The minimum atomic E-state index is -0.411. The lowest BCUT2D eigenvalue weighted by Gasteiger charge is -1.99. The number of hydrogen-bond donors (Lipinski definition) is 1. The van der Waals surface area contributed by atoms with Crippen LogP contribution in [0.4, 0.5) is 4.39 Å². The van der Waals surface area contributed by atoms with Gasteiger partial charge in [0, 0.05) is 11.5 Å². The molecule has 0 aliphatic heterocycles. The van der Waals surface area contributed by atoms with Gasteiger partial charge in [-0.3, -0.25) is 0 Å². The van der Waals surface area contributed by atoms with Gasteiger partial charge in [-0.05, 0) is 11.5 Å². The molecule has 12 heavy (non-hydrogen) atoms. The van der Waals surface area contributed by atoms with Crippen molar-refractivity contribution in [1.82, 2.24) is 0 Å². The number of halogens is 1. The minimum absolute atomic E-state index is 0.00870. The Kier molecular flexibility index (Phi) is 1.47. The fourth-order valence-corrected chi connectivity index (χ4v) is 1.25. The van der Waals surface area contributed by atoms with Gasteiger partial charge >= 0.3 is 0 Å². The maximum atomic E-state index is 12.7. The lowest BCUT2D eigenvalue weighted by molar-refractivity contribution is 0.476. The number of aromatic hydroxyl groups is 1. The Morgan fingerprint density at radius 3 is 2.67 bits per heavy atom. The molecule has 0 saturated carbocycles. The molecule has 0 heterocycles. The van der Waals surface area contributed by atoms with Gasteiger partial charge in [-0.15, -0.1) is 0 Å². The molecular formula is C10H7FO. The van der Waals surface area contributed by atoms with E-state index < -0.39 is 5.82 Å². The van der Waals surface area contributed by atoms with Crippen molar-refractivity contribution in [2.75, 3.05) is 0 Å². The summed E-state index contributed by atoms with van der Waals surface area (Å²) < 4.78 is 12.7. The maximum absolute atomic E-state index is 12.7. The number of benzene rings is 2. The fraction of sp³-hybridized carbons (Fsp3) is 0.